The molecule has 6 nitrogen and oxygen atoms in total. The van der Waals surface area contributed by atoms with E-state index in [1.54, 1.807) is 24.3 Å². The minimum absolute atomic E-state index is 0.189. The Labute approximate surface area is 115 Å². The third-order valence-electron chi connectivity index (χ3n) is 2.73. The molecule has 1 unspecified atom stereocenters. The van der Waals surface area contributed by atoms with Crippen molar-refractivity contribution in [3.05, 3.63) is 40.7 Å². The number of aromatic nitrogens is 2. The molecule has 1 amide bonds. The van der Waals surface area contributed by atoms with Gasteiger partial charge in [0, 0.05) is 18.2 Å². The van der Waals surface area contributed by atoms with Crippen molar-refractivity contribution in [3.8, 4) is 23.6 Å². The Morgan fingerprint density at radius 3 is 2.60 bits per heavy atom. The van der Waals surface area contributed by atoms with Gasteiger partial charge >= 0.3 is 0 Å². The lowest BCUT2D eigenvalue weighted by molar-refractivity contribution is -0.117. The van der Waals surface area contributed by atoms with Crippen LogP contribution in [-0.2, 0) is 4.79 Å². The molecule has 0 bridgehead atoms. The average Bonchev–Trinajstić information content (AvgIpc) is 2.86. The van der Waals surface area contributed by atoms with Crippen LogP contribution in [0.15, 0.2) is 35.1 Å². The number of aromatic amines is 2. The maximum absolute atomic E-state index is 11.7. The number of rotatable bonds is 4. The number of terminal acetylenes is 1. The number of H-pyrrole nitrogens is 2. The second-order valence-corrected chi connectivity index (χ2v) is 4.25. The standard InChI is InChI=1S/C14H14N4O2/c1-2-3-11(15)14(20)16-10-6-4-9(5-7-10)12-8-13(19)18-17-12/h1,4-8,11H,3,15H2,(H,16,20)(H2,17,18,19). The molecule has 2 rings (SSSR count). The Bertz CT molecular complexity index is 691. The fourth-order valence-corrected chi connectivity index (χ4v) is 1.68. The second-order valence-electron chi connectivity index (χ2n) is 4.25. The van der Waals surface area contributed by atoms with Gasteiger partial charge in [0.05, 0.1) is 11.7 Å². The van der Waals surface area contributed by atoms with Crippen LogP contribution in [0.3, 0.4) is 0 Å². The van der Waals surface area contributed by atoms with Gasteiger partial charge in [-0.2, -0.15) is 0 Å². The fourth-order valence-electron chi connectivity index (χ4n) is 1.68. The summed E-state index contributed by atoms with van der Waals surface area (Å²) in [6.07, 6.45) is 5.29. The fraction of sp³-hybridized carbons (Fsp3) is 0.143. The number of hydrogen-bond donors (Lipinski definition) is 4. The zero-order valence-corrected chi connectivity index (χ0v) is 10.6. The van der Waals surface area contributed by atoms with Gasteiger partial charge in [-0.1, -0.05) is 12.1 Å². The smallest absolute Gasteiger partial charge is 0.264 e. The van der Waals surface area contributed by atoms with E-state index < -0.39 is 6.04 Å². The Balaban J connectivity index is 2.07. The van der Waals surface area contributed by atoms with Crippen molar-refractivity contribution < 1.29 is 4.79 Å². The Kier molecular flexibility index (Phi) is 4.03. The summed E-state index contributed by atoms with van der Waals surface area (Å²) < 4.78 is 0. The highest BCUT2D eigenvalue weighted by molar-refractivity contribution is 5.95. The van der Waals surface area contributed by atoms with Gasteiger partial charge in [0.15, 0.2) is 0 Å². The monoisotopic (exact) mass is 270 g/mol. The second kappa shape index (κ2) is 5.91. The third kappa shape index (κ3) is 3.16. The zero-order valence-electron chi connectivity index (χ0n) is 10.6. The Morgan fingerprint density at radius 2 is 2.05 bits per heavy atom. The van der Waals surface area contributed by atoms with Gasteiger partial charge in [0.2, 0.25) is 5.91 Å². The molecular weight excluding hydrogens is 256 g/mol. The first-order valence-electron chi connectivity index (χ1n) is 5.98. The molecule has 1 aromatic heterocycles. The minimum atomic E-state index is -0.722. The van der Waals surface area contributed by atoms with Crippen molar-refractivity contribution in [1.29, 1.82) is 0 Å². The predicted octanol–water partition coefficient (Wildman–Crippen LogP) is 0.659. The first-order chi connectivity index (χ1) is 9.60. The van der Waals surface area contributed by atoms with Crippen LogP contribution in [0.25, 0.3) is 11.3 Å². The van der Waals surface area contributed by atoms with E-state index in [0.29, 0.717) is 11.4 Å². The Morgan fingerprint density at radius 1 is 1.35 bits per heavy atom. The number of nitrogens with two attached hydrogens (primary N) is 1. The molecule has 0 fully saturated rings. The van der Waals surface area contributed by atoms with E-state index in [1.165, 1.54) is 6.07 Å². The average molecular weight is 270 g/mol. The first kappa shape index (κ1) is 13.6. The van der Waals surface area contributed by atoms with Crippen molar-refractivity contribution >= 4 is 11.6 Å². The normalized spacial score (nSPS) is 11.6. The highest BCUT2D eigenvalue weighted by atomic mass is 16.2. The van der Waals surface area contributed by atoms with Crippen molar-refractivity contribution in [3.63, 3.8) is 0 Å². The molecule has 1 heterocycles. The number of carbonyl (C=O) groups excluding carboxylic acids is 1. The highest BCUT2D eigenvalue weighted by Crippen LogP contribution is 2.18. The van der Waals surface area contributed by atoms with E-state index in [9.17, 15) is 9.59 Å². The van der Waals surface area contributed by atoms with Crippen LogP contribution < -0.4 is 16.6 Å². The van der Waals surface area contributed by atoms with Gasteiger partial charge in [-0.05, 0) is 17.7 Å². The molecule has 0 spiro atoms. The topological polar surface area (TPSA) is 104 Å². The SMILES string of the molecule is C#CCC(N)C(=O)Nc1ccc(-c2cc(=O)[nH][nH]2)cc1. The van der Waals surface area contributed by atoms with Gasteiger partial charge in [0.1, 0.15) is 0 Å². The van der Waals surface area contributed by atoms with E-state index in [4.69, 9.17) is 12.2 Å². The lowest BCUT2D eigenvalue weighted by Crippen LogP contribution is -2.35. The molecule has 102 valence electrons. The summed E-state index contributed by atoms with van der Waals surface area (Å²) in [5.74, 6) is 2.02. The molecule has 0 saturated heterocycles. The molecule has 2 aromatic rings. The van der Waals surface area contributed by atoms with Crippen LogP contribution in [0.1, 0.15) is 6.42 Å². The number of nitrogens with one attached hydrogen (secondary N) is 3. The van der Waals surface area contributed by atoms with E-state index in [2.05, 4.69) is 21.4 Å². The molecule has 0 aliphatic heterocycles. The minimum Gasteiger partial charge on any atom is -0.325 e. The summed E-state index contributed by atoms with van der Waals surface area (Å²) in [7, 11) is 0. The molecule has 0 radical (unpaired) electrons. The van der Waals surface area contributed by atoms with Gasteiger partial charge in [-0.25, -0.2) is 0 Å². The van der Waals surface area contributed by atoms with Crippen LogP contribution in [0.4, 0.5) is 5.69 Å². The van der Waals surface area contributed by atoms with Gasteiger partial charge in [0.25, 0.3) is 5.56 Å². The lowest BCUT2D eigenvalue weighted by atomic mass is 10.1. The third-order valence-corrected chi connectivity index (χ3v) is 2.73. The summed E-state index contributed by atoms with van der Waals surface area (Å²) >= 11 is 0. The largest absolute Gasteiger partial charge is 0.325 e. The summed E-state index contributed by atoms with van der Waals surface area (Å²) in [6, 6.07) is 7.74. The number of hydrogen-bond acceptors (Lipinski definition) is 3. The quantitative estimate of drug-likeness (QED) is 0.613. The lowest BCUT2D eigenvalue weighted by Gasteiger charge is -2.09. The molecule has 6 heteroatoms. The summed E-state index contributed by atoms with van der Waals surface area (Å²) in [5, 5.41) is 7.88. The molecular formula is C14H14N4O2. The predicted molar refractivity (Wildman–Crippen MR) is 76.9 cm³/mol. The molecule has 0 aliphatic rings. The van der Waals surface area contributed by atoms with Crippen molar-refractivity contribution in [2.24, 2.45) is 5.73 Å². The molecule has 5 N–H and O–H groups in total. The van der Waals surface area contributed by atoms with E-state index in [1.807, 2.05) is 0 Å². The van der Waals surface area contributed by atoms with E-state index >= 15 is 0 Å². The van der Waals surface area contributed by atoms with Gasteiger partial charge in [-0.3, -0.25) is 19.8 Å². The maximum Gasteiger partial charge on any atom is 0.264 e. The van der Waals surface area contributed by atoms with Crippen LogP contribution in [0, 0.1) is 12.3 Å². The maximum atomic E-state index is 11.7. The van der Waals surface area contributed by atoms with Gasteiger partial charge in [-0.15, -0.1) is 12.3 Å². The molecule has 0 aliphatic carbocycles. The highest BCUT2D eigenvalue weighted by Gasteiger charge is 2.12. The van der Waals surface area contributed by atoms with E-state index in [0.717, 1.165) is 5.56 Å². The summed E-state index contributed by atoms with van der Waals surface area (Å²) in [6.45, 7) is 0. The van der Waals surface area contributed by atoms with Crippen LogP contribution in [-0.4, -0.2) is 22.1 Å². The molecule has 1 atom stereocenters. The van der Waals surface area contributed by atoms with Crippen LogP contribution >= 0.6 is 0 Å². The molecule has 20 heavy (non-hydrogen) atoms. The summed E-state index contributed by atoms with van der Waals surface area (Å²) in [4.78, 5) is 22.7. The van der Waals surface area contributed by atoms with Crippen molar-refractivity contribution in [2.75, 3.05) is 5.32 Å². The number of carbonyl (C=O) groups is 1. The van der Waals surface area contributed by atoms with Gasteiger partial charge < -0.3 is 11.1 Å². The number of amides is 1. The first-order valence-corrected chi connectivity index (χ1v) is 5.98. The van der Waals surface area contributed by atoms with E-state index in [-0.39, 0.29) is 17.9 Å². The zero-order chi connectivity index (χ0) is 14.5. The van der Waals surface area contributed by atoms with Crippen molar-refractivity contribution in [2.45, 2.75) is 12.5 Å². The van der Waals surface area contributed by atoms with Crippen LogP contribution in [0.2, 0.25) is 0 Å². The summed E-state index contributed by atoms with van der Waals surface area (Å²) in [5.41, 5.74) is 7.52. The Hall–Kier alpha value is -2.78. The number of anilines is 1. The molecule has 1 aromatic carbocycles. The molecule has 0 saturated carbocycles. The van der Waals surface area contributed by atoms with Crippen molar-refractivity contribution in [1.82, 2.24) is 10.2 Å². The number of benzene rings is 1. The van der Waals surface area contributed by atoms with Crippen LogP contribution in [0.5, 0.6) is 0 Å².